The van der Waals surface area contributed by atoms with Gasteiger partial charge < -0.3 is 15.2 Å². The fourth-order valence-electron chi connectivity index (χ4n) is 1.09. The first-order chi connectivity index (χ1) is 6.11. The van der Waals surface area contributed by atoms with E-state index in [1.54, 1.807) is 13.8 Å². The molecule has 76 valence electrons. The standard InChI is InChI=1S/C9H17NO3/c1-6(7(2)10)9(11)13-8-3-4-12-5-8/h6-8H,3-5,10H2,1-2H3. The van der Waals surface area contributed by atoms with Crippen LogP contribution in [-0.4, -0.2) is 31.3 Å². The van der Waals surface area contributed by atoms with Crippen LogP contribution in [-0.2, 0) is 14.3 Å². The lowest BCUT2D eigenvalue weighted by atomic mass is 10.1. The second-order valence-electron chi connectivity index (χ2n) is 3.57. The van der Waals surface area contributed by atoms with Crippen LogP contribution < -0.4 is 5.73 Å². The summed E-state index contributed by atoms with van der Waals surface area (Å²) in [6, 6.07) is -0.158. The molecule has 1 aliphatic heterocycles. The Morgan fingerprint density at radius 2 is 2.31 bits per heavy atom. The molecule has 3 unspecified atom stereocenters. The van der Waals surface area contributed by atoms with E-state index in [1.165, 1.54) is 0 Å². The van der Waals surface area contributed by atoms with Crippen molar-refractivity contribution in [1.29, 1.82) is 0 Å². The molecule has 0 spiro atoms. The average molecular weight is 187 g/mol. The summed E-state index contributed by atoms with van der Waals surface area (Å²) in [5.74, 6) is -0.453. The second kappa shape index (κ2) is 4.58. The third-order valence-electron chi connectivity index (χ3n) is 2.33. The Kier molecular flexibility index (Phi) is 3.69. The molecule has 0 aromatic heterocycles. The van der Waals surface area contributed by atoms with Crippen LogP contribution >= 0.6 is 0 Å². The Labute approximate surface area is 78.4 Å². The first kappa shape index (κ1) is 10.5. The number of rotatable bonds is 3. The van der Waals surface area contributed by atoms with Gasteiger partial charge in [-0.2, -0.15) is 0 Å². The maximum Gasteiger partial charge on any atom is 0.310 e. The second-order valence-corrected chi connectivity index (χ2v) is 3.57. The Morgan fingerprint density at radius 3 is 2.77 bits per heavy atom. The molecule has 2 N–H and O–H groups in total. The van der Waals surface area contributed by atoms with Gasteiger partial charge in [0.25, 0.3) is 0 Å². The lowest BCUT2D eigenvalue weighted by molar-refractivity contribution is -0.153. The molecule has 4 heteroatoms. The molecule has 1 aliphatic rings. The zero-order valence-electron chi connectivity index (χ0n) is 8.16. The van der Waals surface area contributed by atoms with Gasteiger partial charge in [0.05, 0.1) is 19.1 Å². The predicted octanol–water partition coefficient (Wildman–Crippen LogP) is 0.302. The highest BCUT2D eigenvalue weighted by Gasteiger charge is 2.24. The van der Waals surface area contributed by atoms with Crippen molar-refractivity contribution in [1.82, 2.24) is 0 Å². The summed E-state index contributed by atoms with van der Waals surface area (Å²) in [6.45, 7) is 4.79. The van der Waals surface area contributed by atoms with E-state index in [9.17, 15) is 4.79 Å². The SMILES string of the molecule is CC(N)C(C)C(=O)OC1CCOC1. The molecule has 1 heterocycles. The fourth-order valence-corrected chi connectivity index (χ4v) is 1.09. The molecular weight excluding hydrogens is 170 g/mol. The zero-order chi connectivity index (χ0) is 9.84. The highest BCUT2D eigenvalue weighted by molar-refractivity contribution is 5.73. The Morgan fingerprint density at radius 1 is 1.62 bits per heavy atom. The normalized spacial score (nSPS) is 26.8. The number of esters is 1. The molecule has 0 radical (unpaired) electrons. The molecule has 1 fully saturated rings. The number of carbonyl (C=O) groups is 1. The van der Waals surface area contributed by atoms with E-state index in [4.69, 9.17) is 15.2 Å². The van der Waals surface area contributed by atoms with Crippen LogP contribution in [0.25, 0.3) is 0 Å². The van der Waals surface area contributed by atoms with E-state index in [0.717, 1.165) is 6.42 Å². The van der Waals surface area contributed by atoms with Gasteiger partial charge in [0.15, 0.2) is 0 Å². The quantitative estimate of drug-likeness (QED) is 0.645. The molecule has 1 rings (SSSR count). The fraction of sp³-hybridized carbons (Fsp3) is 0.889. The third-order valence-corrected chi connectivity index (χ3v) is 2.33. The van der Waals surface area contributed by atoms with E-state index in [2.05, 4.69) is 0 Å². The molecule has 3 atom stereocenters. The monoisotopic (exact) mass is 187 g/mol. The van der Waals surface area contributed by atoms with Gasteiger partial charge in [-0.15, -0.1) is 0 Å². The van der Waals surface area contributed by atoms with Crippen LogP contribution in [0.2, 0.25) is 0 Å². The van der Waals surface area contributed by atoms with Gasteiger partial charge in [-0.1, -0.05) is 6.92 Å². The van der Waals surface area contributed by atoms with E-state index < -0.39 is 0 Å². The van der Waals surface area contributed by atoms with Gasteiger partial charge in [-0.05, 0) is 6.92 Å². The lowest BCUT2D eigenvalue weighted by Crippen LogP contribution is -2.34. The summed E-state index contributed by atoms with van der Waals surface area (Å²) in [4.78, 5) is 11.4. The summed E-state index contributed by atoms with van der Waals surface area (Å²) < 4.78 is 10.3. The van der Waals surface area contributed by atoms with Crippen LogP contribution in [0.3, 0.4) is 0 Å². The van der Waals surface area contributed by atoms with Crippen molar-refractivity contribution in [2.24, 2.45) is 11.7 Å². The van der Waals surface area contributed by atoms with Crippen LogP contribution in [0.1, 0.15) is 20.3 Å². The van der Waals surface area contributed by atoms with Gasteiger partial charge in [-0.25, -0.2) is 0 Å². The van der Waals surface area contributed by atoms with Crippen LogP contribution in [0, 0.1) is 5.92 Å². The van der Waals surface area contributed by atoms with Gasteiger partial charge in [0, 0.05) is 12.5 Å². The third kappa shape index (κ3) is 2.97. The summed E-state index contributed by atoms with van der Waals surface area (Å²) >= 11 is 0. The molecule has 0 amide bonds. The van der Waals surface area contributed by atoms with Gasteiger partial charge >= 0.3 is 5.97 Å². The smallest absolute Gasteiger partial charge is 0.310 e. The highest BCUT2D eigenvalue weighted by atomic mass is 16.6. The molecule has 0 saturated carbocycles. The summed E-state index contributed by atoms with van der Waals surface area (Å²) in [6.07, 6.45) is 0.742. The molecule has 0 aliphatic carbocycles. The van der Waals surface area contributed by atoms with Crippen molar-refractivity contribution < 1.29 is 14.3 Å². The molecule has 0 aromatic rings. The Bertz CT molecular complexity index is 176. The summed E-state index contributed by atoms with van der Waals surface area (Å²) in [5.41, 5.74) is 5.58. The first-order valence-corrected chi connectivity index (χ1v) is 4.65. The van der Waals surface area contributed by atoms with Crippen molar-refractivity contribution in [2.45, 2.75) is 32.4 Å². The zero-order valence-corrected chi connectivity index (χ0v) is 8.16. The number of nitrogens with two attached hydrogens (primary N) is 1. The Hall–Kier alpha value is -0.610. The number of hydrogen-bond acceptors (Lipinski definition) is 4. The van der Waals surface area contributed by atoms with Crippen LogP contribution in [0.4, 0.5) is 0 Å². The molecule has 4 nitrogen and oxygen atoms in total. The van der Waals surface area contributed by atoms with E-state index >= 15 is 0 Å². The van der Waals surface area contributed by atoms with Crippen LogP contribution in [0.5, 0.6) is 0 Å². The lowest BCUT2D eigenvalue weighted by Gasteiger charge is -2.17. The predicted molar refractivity (Wildman–Crippen MR) is 48.1 cm³/mol. The number of carbonyl (C=O) groups excluding carboxylic acids is 1. The number of hydrogen-bond donors (Lipinski definition) is 1. The van der Waals surface area contributed by atoms with Gasteiger partial charge in [-0.3, -0.25) is 4.79 Å². The molecule has 0 bridgehead atoms. The van der Waals surface area contributed by atoms with Crippen molar-refractivity contribution in [3.05, 3.63) is 0 Å². The molecule has 1 saturated heterocycles. The van der Waals surface area contributed by atoms with Gasteiger partial charge in [0.2, 0.25) is 0 Å². The average Bonchev–Trinajstić information content (AvgIpc) is 2.55. The summed E-state index contributed by atoms with van der Waals surface area (Å²) in [5, 5.41) is 0. The minimum Gasteiger partial charge on any atom is -0.460 e. The Balaban J connectivity index is 2.31. The largest absolute Gasteiger partial charge is 0.460 e. The molecule has 13 heavy (non-hydrogen) atoms. The first-order valence-electron chi connectivity index (χ1n) is 4.65. The van der Waals surface area contributed by atoms with Gasteiger partial charge in [0.1, 0.15) is 6.10 Å². The minimum atomic E-state index is -0.236. The highest BCUT2D eigenvalue weighted by Crippen LogP contribution is 2.12. The maximum absolute atomic E-state index is 11.4. The summed E-state index contributed by atoms with van der Waals surface area (Å²) in [7, 11) is 0. The van der Waals surface area contributed by atoms with Crippen molar-refractivity contribution in [3.63, 3.8) is 0 Å². The van der Waals surface area contributed by atoms with Crippen molar-refractivity contribution in [3.8, 4) is 0 Å². The maximum atomic E-state index is 11.4. The molecular formula is C9H17NO3. The van der Waals surface area contributed by atoms with Crippen LogP contribution in [0.15, 0.2) is 0 Å². The van der Waals surface area contributed by atoms with E-state index in [0.29, 0.717) is 13.2 Å². The topological polar surface area (TPSA) is 61.6 Å². The van der Waals surface area contributed by atoms with Crippen molar-refractivity contribution >= 4 is 5.97 Å². The minimum absolute atomic E-state index is 0.0614. The molecule has 0 aromatic carbocycles. The van der Waals surface area contributed by atoms with E-state index in [-0.39, 0.29) is 24.0 Å². The van der Waals surface area contributed by atoms with Crippen molar-refractivity contribution in [2.75, 3.05) is 13.2 Å². The van der Waals surface area contributed by atoms with E-state index in [1.807, 2.05) is 0 Å². The number of ether oxygens (including phenoxy) is 2.